The quantitative estimate of drug-likeness (QED) is 0.927. The summed E-state index contributed by atoms with van der Waals surface area (Å²) >= 11 is 0. The molecule has 10 heteroatoms. The Morgan fingerprint density at radius 1 is 1.18 bits per heavy atom. The number of hydrogen-bond donors (Lipinski definition) is 1. The Labute approximate surface area is 123 Å². The number of nitrogens with one attached hydrogen (secondary N) is 1. The molecule has 6 nitrogen and oxygen atoms in total. The van der Waals surface area contributed by atoms with Crippen LogP contribution in [0.15, 0.2) is 33.7 Å². The van der Waals surface area contributed by atoms with E-state index in [2.05, 4.69) is 19.4 Å². The average molecular weight is 333 g/mol. The van der Waals surface area contributed by atoms with E-state index in [0.717, 1.165) is 12.8 Å². The molecule has 0 unspecified atom stereocenters. The summed E-state index contributed by atoms with van der Waals surface area (Å²) in [6, 6.07) is 5.18. The van der Waals surface area contributed by atoms with Gasteiger partial charge in [-0.2, -0.15) is 18.2 Å². The molecule has 2 aromatic rings. The first-order valence-corrected chi connectivity index (χ1v) is 7.78. The standard InChI is InChI=1S/C12H10F3N3O3S/c13-12(14,15)11-16-10(17-21-11)7-1-5-9(6-2-7)22(19,20)18-8-3-4-8/h1-2,5-6,8,18H,3-4H2. The maximum absolute atomic E-state index is 12.4. The van der Waals surface area contributed by atoms with Gasteiger partial charge in [0.25, 0.3) is 0 Å². The van der Waals surface area contributed by atoms with Gasteiger partial charge in [0.1, 0.15) is 0 Å². The molecule has 1 N–H and O–H groups in total. The van der Waals surface area contributed by atoms with E-state index in [1.807, 2.05) is 0 Å². The molecule has 1 fully saturated rings. The number of sulfonamides is 1. The van der Waals surface area contributed by atoms with Crippen LogP contribution in [0.2, 0.25) is 0 Å². The molecule has 1 aliphatic rings. The second-order valence-corrected chi connectivity index (χ2v) is 6.55. The smallest absolute Gasteiger partial charge is 0.329 e. The van der Waals surface area contributed by atoms with Crippen molar-refractivity contribution in [3.8, 4) is 11.4 Å². The van der Waals surface area contributed by atoms with Crippen LogP contribution in [0.25, 0.3) is 11.4 Å². The molecule has 118 valence electrons. The molecule has 1 heterocycles. The number of aromatic nitrogens is 2. The van der Waals surface area contributed by atoms with Crippen molar-refractivity contribution in [3.05, 3.63) is 30.2 Å². The number of alkyl halides is 3. The van der Waals surface area contributed by atoms with Gasteiger partial charge in [-0.1, -0.05) is 5.16 Å². The predicted octanol–water partition coefficient (Wildman–Crippen LogP) is 2.20. The van der Waals surface area contributed by atoms with Gasteiger partial charge in [-0.05, 0) is 37.1 Å². The van der Waals surface area contributed by atoms with Crippen molar-refractivity contribution in [1.29, 1.82) is 0 Å². The van der Waals surface area contributed by atoms with Crippen molar-refractivity contribution in [2.45, 2.75) is 30.0 Å². The summed E-state index contributed by atoms with van der Waals surface area (Å²) in [7, 11) is -3.61. The SMILES string of the molecule is O=S(=O)(NC1CC1)c1ccc(-c2noc(C(F)(F)F)n2)cc1. The highest BCUT2D eigenvalue weighted by atomic mass is 32.2. The van der Waals surface area contributed by atoms with E-state index in [1.165, 1.54) is 24.3 Å². The van der Waals surface area contributed by atoms with Crippen LogP contribution < -0.4 is 4.72 Å². The van der Waals surface area contributed by atoms with Crippen molar-refractivity contribution >= 4 is 10.0 Å². The van der Waals surface area contributed by atoms with E-state index < -0.39 is 22.1 Å². The van der Waals surface area contributed by atoms with Crippen LogP contribution >= 0.6 is 0 Å². The number of benzene rings is 1. The molecule has 0 aliphatic heterocycles. The lowest BCUT2D eigenvalue weighted by atomic mass is 10.2. The first-order valence-electron chi connectivity index (χ1n) is 6.29. The summed E-state index contributed by atoms with van der Waals surface area (Å²) in [5.41, 5.74) is 0.227. The molecule has 1 aromatic carbocycles. The highest BCUT2D eigenvalue weighted by Gasteiger charge is 2.38. The topological polar surface area (TPSA) is 85.1 Å². The van der Waals surface area contributed by atoms with Crippen molar-refractivity contribution in [1.82, 2.24) is 14.9 Å². The van der Waals surface area contributed by atoms with Gasteiger partial charge in [0.15, 0.2) is 0 Å². The third-order valence-electron chi connectivity index (χ3n) is 2.99. The monoisotopic (exact) mass is 333 g/mol. The Hall–Kier alpha value is -1.94. The van der Waals surface area contributed by atoms with Crippen LogP contribution in [0, 0.1) is 0 Å². The number of halogens is 3. The predicted molar refractivity (Wildman–Crippen MR) is 68.1 cm³/mol. The van der Waals surface area contributed by atoms with Crippen LogP contribution in [0.3, 0.4) is 0 Å². The van der Waals surface area contributed by atoms with Crippen molar-refractivity contribution in [2.24, 2.45) is 0 Å². The normalized spacial score (nSPS) is 16.0. The second-order valence-electron chi connectivity index (χ2n) is 4.84. The summed E-state index contributed by atoms with van der Waals surface area (Å²) < 4.78 is 67.7. The first kappa shape index (κ1) is 15.0. The fourth-order valence-electron chi connectivity index (χ4n) is 1.73. The van der Waals surface area contributed by atoms with Gasteiger partial charge in [-0.15, -0.1) is 0 Å². The molecule has 1 aliphatic carbocycles. The minimum absolute atomic E-state index is 0.0303. The lowest BCUT2D eigenvalue weighted by molar-refractivity contribution is -0.159. The van der Waals surface area contributed by atoms with Crippen LogP contribution in [0.1, 0.15) is 18.7 Å². The number of hydrogen-bond acceptors (Lipinski definition) is 5. The highest BCUT2D eigenvalue weighted by molar-refractivity contribution is 7.89. The molecular formula is C12H10F3N3O3S. The third-order valence-corrected chi connectivity index (χ3v) is 4.53. The fraction of sp³-hybridized carbons (Fsp3) is 0.333. The van der Waals surface area contributed by atoms with Gasteiger partial charge >= 0.3 is 12.1 Å². The van der Waals surface area contributed by atoms with Crippen LogP contribution in [0.5, 0.6) is 0 Å². The second kappa shape index (κ2) is 5.06. The number of nitrogens with zero attached hydrogens (tertiary/aromatic N) is 2. The zero-order valence-electron chi connectivity index (χ0n) is 11.0. The third kappa shape index (κ3) is 3.12. The molecule has 0 amide bonds. The van der Waals surface area contributed by atoms with Crippen LogP contribution in [-0.2, 0) is 16.2 Å². The average Bonchev–Trinajstić information content (AvgIpc) is 3.08. The maximum Gasteiger partial charge on any atom is 0.471 e. The molecule has 3 rings (SSSR count). The lowest BCUT2D eigenvalue weighted by Gasteiger charge is -2.05. The minimum Gasteiger partial charge on any atom is -0.329 e. The molecule has 0 spiro atoms. The molecule has 1 aromatic heterocycles. The fourth-order valence-corrected chi connectivity index (χ4v) is 3.03. The summed E-state index contributed by atoms with van der Waals surface area (Å²) in [5, 5.41) is 3.23. The van der Waals surface area contributed by atoms with E-state index in [0.29, 0.717) is 0 Å². The van der Waals surface area contributed by atoms with Gasteiger partial charge < -0.3 is 4.52 Å². The molecule has 0 atom stereocenters. The molecule has 0 bridgehead atoms. The van der Waals surface area contributed by atoms with E-state index >= 15 is 0 Å². The van der Waals surface area contributed by atoms with Crippen molar-refractivity contribution in [2.75, 3.05) is 0 Å². The minimum atomic E-state index is -4.72. The van der Waals surface area contributed by atoms with Gasteiger partial charge in [0, 0.05) is 11.6 Å². The Morgan fingerprint density at radius 2 is 1.82 bits per heavy atom. The zero-order chi connectivity index (χ0) is 16.0. The van der Waals surface area contributed by atoms with E-state index in [9.17, 15) is 21.6 Å². The number of rotatable bonds is 4. The Balaban J connectivity index is 1.83. The summed E-state index contributed by atoms with van der Waals surface area (Å²) in [4.78, 5) is 3.26. The first-order chi connectivity index (χ1) is 10.3. The van der Waals surface area contributed by atoms with Gasteiger partial charge in [-0.25, -0.2) is 13.1 Å². The van der Waals surface area contributed by atoms with Crippen LogP contribution in [0.4, 0.5) is 13.2 Å². The Kier molecular flexibility index (Phi) is 3.44. The van der Waals surface area contributed by atoms with Crippen LogP contribution in [-0.4, -0.2) is 24.6 Å². The largest absolute Gasteiger partial charge is 0.471 e. The summed E-state index contributed by atoms with van der Waals surface area (Å²) in [5.74, 6) is -1.71. The lowest BCUT2D eigenvalue weighted by Crippen LogP contribution is -2.25. The highest BCUT2D eigenvalue weighted by Crippen LogP contribution is 2.29. The zero-order valence-corrected chi connectivity index (χ0v) is 11.8. The van der Waals surface area contributed by atoms with Gasteiger partial charge in [0.2, 0.25) is 15.8 Å². The van der Waals surface area contributed by atoms with Crippen molar-refractivity contribution in [3.63, 3.8) is 0 Å². The molecule has 0 saturated heterocycles. The molecule has 22 heavy (non-hydrogen) atoms. The molecule has 1 saturated carbocycles. The maximum atomic E-state index is 12.4. The Bertz CT molecular complexity index is 780. The molecular weight excluding hydrogens is 323 g/mol. The Morgan fingerprint density at radius 3 is 2.32 bits per heavy atom. The van der Waals surface area contributed by atoms with Crippen molar-refractivity contribution < 1.29 is 26.1 Å². The summed E-state index contributed by atoms with van der Waals surface area (Å²) in [6.45, 7) is 0. The molecule has 0 radical (unpaired) electrons. The van der Waals surface area contributed by atoms with E-state index in [1.54, 1.807) is 0 Å². The summed E-state index contributed by atoms with van der Waals surface area (Å²) in [6.07, 6.45) is -3.11. The van der Waals surface area contributed by atoms with E-state index in [-0.39, 0.29) is 22.3 Å². The van der Waals surface area contributed by atoms with E-state index in [4.69, 9.17) is 0 Å². The van der Waals surface area contributed by atoms with Gasteiger partial charge in [0.05, 0.1) is 4.90 Å². The van der Waals surface area contributed by atoms with Gasteiger partial charge in [-0.3, -0.25) is 0 Å².